The second-order valence-corrected chi connectivity index (χ2v) is 11.6. The summed E-state index contributed by atoms with van der Waals surface area (Å²) in [6, 6.07) is 14.7. The Balaban J connectivity index is 1.36. The second-order valence-electron chi connectivity index (χ2n) is 11.6. The number of carbonyl (C=O) groups is 2. The molecule has 0 spiro atoms. The molecule has 1 fully saturated rings. The molecule has 2 aromatic rings. The lowest BCUT2D eigenvalue weighted by Gasteiger charge is -2.31. The van der Waals surface area contributed by atoms with Crippen molar-refractivity contribution in [2.45, 2.75) is 70.9 Å². The van der Waals surface area contributed by atoms with Gasteiger partial charge in [0.1, 0.15) is 5.75 Å². The van der Waals surface area contributed by atoms with Crippen LogP contribution in [-0.2, 0) is 17.8 Å². The number of carbonyl (C=O) groups excluding carboxylic acids is 2. The number of ether oxygens (including phenoxy) is 1. The van der Waals surface area contributed by atoms with E-state index in [0.29, 0.717) is 19.6 Å². The Labute approximate surface area is 240 Å². The lowest BCUT2D eigenvalue weighted by Crippen LogP contribution is -2.44. The third-order valence-electron chi connectivity index (χ3n) is 9.07. The Kier molecular flexibility index (Phi) is 9.25. The monoisotopic (exact) mass is 543 g/mol. The number of rotatable bonds is 13. The standard InChI is InChI=1S/C34H45N3O3/c1-4-7-17-35(18-8-5-2)33(38)24-37-23-30(25-13-14-32-26(21-25)16-20-40-32)28(6-3)31(37)15-19-36-22-27-11-9-10-12-29(27)34(36)39/h6,9-14,21,28,30-31H,3-5,7-8,15-20,22-24H2,1-2H3/t28-,30-,31+/m1/s1. The summed E-state index contributed by atoms with van der Waals surface area (Å²) in [6.07, 6.45) is 8.08. The molecule has 6 nitrogen and oxygen atoms in total. The van der Waals surface area contributed by atoms with Gasteiger partial charge in [-0.2, -0.15) is 0 Å². The van der Waals surface area contributed by atoms with Crippen molar-refractivity contribution in [3.05, 3.63) is 77.4 Å². The number of likely N-dealkylation sites (tertiary alicyclic amines) is 1. The smallest absolute Gasteiger partial charge is 0.254 e. The molecule has 0 saturated carbocycles. The number of unbranched alkanes of at least 4 members (excludes halogenated alkanes) is 2. The molecule has 0 N–H and O–H groups in total. The Morgan fingerprint density at radius 2 is 1.88 bits per heavy atom. The van der Waals surface area contributed by atoms with Gasteiger partial charge in [-0.15, -0.1) is 6.58 Å². The van der Waals surface area contributed by atoms with Gasteiger partial charge in [-0.25, -0.2) is 0 Å². The highest BCUT2D eigenvalue weighted by Crippen LogP contribution is 2.41. The normalized spacial score (nSPS) is 21.8. The van der Waals surface area contributed by atoms with Crippen molar-refractivity contribution in [2.24, 2.45) is 5.92 Å². The number of fused-ring (bicyclic) bond motifs is 2. The lowest BCUT2D eigenvalue weighted by atomic mass is 9.83. The maximum absolute atomic E-state index is 13.7. The number of benzene rings is 2. The summed E-state index contributed by atoms with van der Waals surface area (Å²) in [7, 11) is 0. The van der Waals surface area contributed by atoms with Crippen LogP contribution in [0.25, 0.3) is 0 Å². The number of amides is 2. The molecule has 0 aliphatic carbocycles. The molecule has 40 heavy (non-hydrogen) atoms. The van der Waals surface area contributed by atoms with Crippen molar-refractivity contribution >= 4 is 11.8 Å². The van der Waals surface area contributed by atoms with Crippen LogP contribution < -0.4 is 4.74 Å². The predicted octanol–water partition coefficient (Wildman–Crippen LogP) is 5.67. The van der Waals surface area contributed by atoms with E-state index in [1.54, 1.807) is 0 Å². The van der Waals surface area contributed by atoms with Crippen molar-refractivity contribution in [1.29, 1.82) is 0 Å². The first-order chi connectivity index (χ1) is 19.5. The number of nitrogens with zero attached hydrogens (tertiary/aromatic N) is 3. The molecule has 2 amide bonds. The fourth-order valence-corrected chi connectivity index (χ4v) is 6.78. The first-order valence-electron chi connectivity index (χ1n) is 15.3. The quantitative estimate of drug-likeness (QED) is 0.306. The minimum atomic E-state index is 0.117. The molecule has 6 heteroatoms. The van der Waals surface area contributed by atoms with Gasteiger partial charge < -0.3 is 14.5 Å². The lowest BCUT2D eigenvalue weighted by molar-refractivity contribution is -0.133. The topological polar surface area (TPSA) is 53.1 Å². The summed E-state index contributed by atoms with van der Waals surface area (Å²) >= 11 is 0. The van der Waals surface area contributed by atoms with Crippen LogP contribution in [-0.4, -0.2) is 71.9 Å². The van der Waals surface area contributed by atoms with Crippen LogP contribution in [0.5, 0.6) is 5.75 Å². The van der Waals surface area contributed by atoms with E-state index in [9.17, 15) is 9.59 Å². The average molecular weight is 544 g/mol. The molecule has 3 heterocycles. The third kappa shape index (κ3) is 5.97. The molecular formula is C34H45N3O3. The fraction of sp³-hybridized carbons (Fsp3) is 0.529. The molecule has 0 unspecified atom stereocenters. The zero-order valence-electron chi connectivity index (χ0n) is 24.3. The Bertz CT molecular complexity index is 1200. The maximum Gasteiger partial charge on any atom is 0.254 e. The summed E-state index contributed by atoms with van der Waals surface area (Å²) < 4.78 is 5.77. The molecule has 0 aromatic heterocycles. The van der Waals surface area contributed by atoms with Crippen molar-refractivity contribution in [1.82, 2.24) is 14.7 Å². The molecule has 3 aliphatic rings. The van der Waals surface area contributed by atoms with Crippen LogP contribution in [0.2, 0.25) is 0 Å². The zero-order valence-corrected chi connectivity index (χ0v) is 24.3. The van der Waals surface area contributed by atoms with Gasteiger partial charge in [-0.1, -0.05) is 63.1 Å². The van der Waals surface area contributed by atoms with Gasteiger partial charge >= 0.3 is 0 Å². The van der Waals surface area contributed by atoms with Crippen molar-refractivity contribution < 1.29 is 14.3 Å². The summed E-state index contributed by atoms with van der Waals surface area (Å²) in [5.74, 6) is 1.80. The van der Waals surface area contributed by atoms with E-state index in [2.05, 4.69) is 60.6 Å². The van der Waals surface area contributed by atoms with Gasteiger partial charge in [-0.05, 0) is 48.1 Å². The molecule has 3 atom stereocenters. The summed E-state index contributed by atoms with van der Waals surface area (Å²) in [4.78, 5) is 33.2. The summed E-state index contributed by atoms with van der Waals surface area (Å²) in [5, 5.41) is 0. The third-order valence-corrected chi connectivity index (χ3v) is 9.07. The first-order valence-corrected chi connectivity index (χ1v) is 15.3. The van der Waals surface area contributed by atoms with Gasteiger partial charge in [0.15, 0.2) is 0 Å². The van der Waals surface area contributed by atoms with Crippen LogP contribution in [0.15, 0.2) is 55.1 Å². The predicted molar refractivity (Wildman–Crippen MR) is 160 cm³/mol. The zero-order chi connectivity index (χ0) is 28.1. The van der Waals surface area contributed by atoms with Gasteiger partial charge in [0.2, 0.25) is 5.91 Å². The summed E-state index contributed by atoms with van der Waals surface area (Å²) in [5.41, 5.74) is 4.50. The number of hydrogen-bond acceptors (Lipinski definition) is 4. The SMILES string of the molecule is C=C[C@@H]1[C@@H](c2ccc3c(c2)CCO3)CN(CC(=O)N(CCCC)CCCC)[C@H]1CCN1Cc2ccccc2C1=O. The fourth-order valence-electron chi connectivity index (χ4n) is 6.78. The van der Waals surface area contributed by atoms with E-state index < -0.39 is 0 Å². The van der Waals surface area contributed by atoms with Crippen LogP contribution in [0.1, 0.15) is 78.9 Å². The molecule has 0 bridgehead atoms. The van der Waals surface area contributed by atoms with Crippen LogP contribution in [0.4, 0.5) is 0 Å². The average Bonchev–Trinajstić information content (AvgIpc) is 3.67. The van der Waals surface area contributed by atoms with Crippen LogP contribution in [0, 0.1) is 5.92 Å². The highest BCUT2D eigenvalue weighted by atomic mass is 16.5. The maximum atomic E-state index is 13.7. The van der Waals surface area contributed by atoms with Gasteiger partial charge in [-0.3, -0.25) is 14.5 Å². The molecule has 1 saturated heterocycles. The van der Waals surface area contributed by atoms with E-state index >= 15 is 0 Å². The van der Waals surface area contributed by atoms with Crippen LogP contribution in [0.3, 0.4) is 0 Å². The minimum absolute atomic E-state index is 0.117. The van der Waals surface area contributed by atoms with E-state index in [1.165, 1.54) is 11.1 Å². The Morgan fingerprint density at radius 3 is 2.60 bits per heavy atom. The van der Waals surface area contributed by atoms with Gasteiger partial charge in [0.25, 0.3) is 5.91 Å². The largest absolute Gasteiger partial charge is 0.493 e. The van der Waals surface area contributed by atoms with Crippen LogP contribution >= 0.6 is 0 Å². The van der Waals surface area contributed by atoms with E-state index in [-0.39, 0.29) is 29.7 Å². The Hall–Kier alpha value is -3.12. The molecule has 0 radical (unpaired) electrons. The molecule has 214 valence electrons. The highest BCUT2D eigenvalue weighted by molar-refractivity contribution is 5.98. The van der Waals surface area contributed by atoms with Crippen molar-refractivity contribution in [3.8, 4) is 5.75 Å². The van der Waals surface area contributed by atoms with Gasteiger partial charge in [0.05, 0.1) is 13.2 Å². The molecule has 5 rings (SSSR count). The number of hydrogen-bond donors (Lipinski definition) is 0. The molecule has 3 aliphatic heterocycles. The summed E-state index contributed by atoms with van der Waals surface area (Å²) in [6.45, 7) is 13.6. The van der Waals surface area contributed by atoms with Gasteiger partial charge in [0, 0.05) is 62.6 Å². The van der Waals surface area contributed by atoms with E-state index in [0.717, 1.165) is 81.6 Å². The molecular weight excluding hydrogens is 498 g/mol. The minimum Gasteiger partial charge on any atom is -0.493 e. The van der Waals surface area contributed by atoms with Crippen molar-refractivity contribution in [3.63, 3.8) is 0 Å². The first kappa shape index (κ1) is 28.4. The highest BCUT2D eigenvalue weighted by Gasteiger charge is 2.42. The van der Waals surface area contributed by atoms with E-state index in [1.807, 2.05) is 23.1 Å². The van der Waals surface area contributed by atoms with Crippen molar-refractivity contribution in [2.75, 3.05) is 39.3 Å². The second kappa shape index (κ2) is 13.0. The van der Waals surface area contributed by atoms with E-state index in [4.69, 9.17) is 4.74 Å². The Morgan fingerprint density at radius 1 is 1.10 bits per heavy atom. The molecule has 2 aromatic carbocycles.